The fraction of sp³-hybridized carbons (Fsp3) is 0.294. The summed E-state index contributed by atoms with van der Waals surface area (Å²) in [7, 11) is 1.69. The van der Waals surface area contributed by atoms with Gasteiger partial charge in [-0.2, -0.15) is 0 Å². The number of hydrogen-bond donors (Lipinski definition) is 1. The third-order valence-corrected chi connectivity index (χ3v) is 3.46. The normalized spacial score (nSPS) is 11.3. The number of aromatic hydroxyl groups is 1. The smallest absolute Gasteiger partial charge is 0.122 e. The highest BCUT2D eigenvalue weighted by atomic mass is 16.5. The first-order chi connectivity index (χ1) is 9.04. The van der Waals surface area contributed by atoms with Crippen molar-refractivity contribution < 1.29 is 9.84 Å². The molecule has 0 aliphatic carbocycles. The van der Waals surface area contributed by atoms with Gasteiger partial charge in [-0.15, -0.1) is 0 Å². The Morgan fingerprint density at radius 1 is 1.00 bits per heavy atom. The molecule has 0 heterocycles. The minimum Gasteiger partial charge on any atom is -0.508 e. The highest BCUT2D eigenvalue weighted by Crippen LogP contribution is 2.35. The molecule has 2 rings (SSSR count). The van der Waals surface area contributed by atoms with Crippen LogP contribution < -0.4 is 4.74 Å². The first-order valence-corrected chi connectivity index (χ1v) is 6.45. The lowest BCUT2D eigenvalue weighted by Crippen LogP contribution is -2.21. The first kappa shape index (κ1) is 13.5. The third kappa shape index (κ3) is 2.90. The van der Waals surface area contributed by atoms with Gasteiger partial charge in [-0.3, -0.25) is 0 Å². The van der Waals surface area contributed by atoms with Crippen LogP contribution in [0, 0.1) is 0 Å². The number of methoxy groups -OCH3 is 1. The monoisotopic (exact) mass is 256 g/mol. The second kappa shape index (κ2) is 5.35. The Kier molecular flexibility index (Phi) is 3.79. The van der Waals surface area contributed by atoms with Gasteiger partial charge in [-0.1, -0.05) is 50.2 Å². The number of benzene rings is 2. The zero-order valence-electron chi connectivity index (χ0n) is 11.7. The molecule has 19 heavy (non-hydrogen) atoms. The minimum absolute atomic E-state index is 0.106. The summed E-state index contributed by atoms with van der Waals surface area (Å²) in [5.74, 6) is 1.24. The van der Waals surface area contributed by atoms with Crippen molar-refractivity contribution in [3.63, 3.8) is 0 Å². The summed E-state index contributed by atoms with van der Waals surface area (Å²) in [6.45, 7) is 4.33. The average molecular weight is 256 g/mol. The molecule has 0 spiro atoms. The lowest BCUT2D eigenvalue weighted by Gasteiger charge is -2.27. The molecular weight excluding hydrogens is 236 g/mol. The Balaban J connectivity index is 2.35. The van der Waals surface area contributed by atoms with E-state index in [1.165, 1.54) is 0 Å². The highest BCUT2D eigenvalue weighted by Gasteiger charge is 2.25. The molecule has 0 saturated carbocycles. The van der Waals surface area contributed by atoms with Crippen molar-refractivity contribution in [1.29, 1.82) is 0 Å². The lowest BCUT2D eigenvalue weighted by atomic mass is 9.78. The molecule has 0 aliphatic heterocycles. The van der Waals surface area contributed by atoms with E-state index < -0.39 is 0 Å². The van der Waals surface area contributed by atoms with E-state index in [0.29, 0.717) is 5.75 Å². The number of para-hydroxylation sites is 2. The van der Waals surface area contributed by atoms with Crippen LogP contribution in [-0.2, 0) is 11.8 Å². The zero-order chi connectivity index (χ0) is 13.9. The molecule has 0 atom stereocenters. The molecular formula is C17H20O2. The van der Waals surface area contributed by atoms with E-state index in [9.17, 15) is 5.11 Å². The van der Waals surface area contributed by atoms with Crippen LogP contribution in [0.5, 0.6) is 11.5 Å². The Labute approximate surface area is 114 Å². The summed E-state index contributed by atoms with van der Waals surface area (Å²) in [6, 6.07) is 15.5. The van der Waals surface area contributed by atoms with Crippen molar-refractivity contribution >= 4 is 0 Å². The summed E-state index contributed by atoms with van der Waals surface area (Å²) in [5.41, 5.74) is 2.00. The van der Waals surface area contributed by atoms with Crippen LogP contribution >= 0.6 is 0 Å². The van der Waals surface area contributed by atoms with Crippen molar-refractivity contribution in [2.45, 2.75) is 25.7 Å². The van der Waals surface area contributed by atoms with Crippen molar-refractivity contribution in [2.24, 2.45) is 0 Å². The summed E-state index contributed by atoms with van der Waals surface area (Å²) < 4.78 is 5.44. The second-order valence-corrected chi connectivity index (χ2v) is 5.39. The molecule has 0 radical (unpaired) electrons. The maximum atomic E-state index is 9.92. The van der Waals surface area contributed by atoms with Gasteiger partial charge in [-0.05, 0) is 29.5 Å². The van der Waals surface area contributed by atoms with Gasteiger partial charge in [0, 0.05) is 5.56 Å². The van der Waals surface area contributed by atoms with Crippen LogP contribution in [0.3, 0.4) is 0 Å². The molecule has 2 heteroatoms. The molecule has 100 valence electrons. The Morgan fingerprint density at radius 2 is 1.63 bits per heavy atom. The van der Waals surface area contributed by atoms with E-state index >= 15 is 0 Å². The molecule has 0 bridgehead atoms. The third-order valence-electron chi connectivity index (χ3n) is 3.46. The summed E-state index contributed by atoms with van der Waals surface area (Å²) in [6.07, 6.45) is 0.764. The quantitative estimate of drug-likeness (QED) is 0.898. The predicted molar refractivity (Wildman–Crippen MR) is 77.8 cm³/mol. The molecule has 0 amide bonds. The maximum Gasteiger partial charge on any atom is 0.122 e. The number of phenols is 1. The van der Waals surface area contributed by atoms with Gasteiger partial charge in [0.25, 0.3) is 0 Å². The molecule has 2 aromatic carbocycles. The van der Waals surface area contributed by atoms with Gasteiger partial charge in [-0.25, -0.2) is 0 Å². The number of rotatable bonds is 4. The largest absolute Gasteiger partial charge is 0.508 e. The Bertz CT molecular complexity index is 559. The summed E-state index contributed by atoms with van der Waals surface area (Å²) >= 11 is 0. The molecule has 0 aromatic heterocycles. The molecule has 0 fully saturated rings. The topological polar surface area (TPSA) is 29.5 Å². The first-order valence-electron chi connectivity index (χ1n) is 6.45. The number of hydrogen-bond acceptors (Lipinski definition) is 2. The molecule has 0 unspecified atom stereocenters. The van der Waals surface area contributed by atoms with E-state index in [0.717, 1.165) is 23.3 Å². The van der Waals surface area contributed by atoms with Gasteiger partial charge in [0.1, 0.15) is 11.5 Å². The minimum atomic E-state index is -0.106. The SMILES string of the molecule is COc1ccccc1C(C)(C)Cc1ccccc1O. The number of ether oxygens (including phenoxy) is 1. The van der Waals surface area contributed by atoms with Crippen LogP contribution in [0.4, 0.5) is 0 Å². The second-order valence-electron chi connectivity index (χ2n) is 5.39. The van der Waals surface area contributed by atoms with Crippen molar-refractivity contribution in [3.05, 3.63) is 59.7 Å². The van der Waals surface area contributed by atoms with E-state index in [1.54, 1.807) is 13.2 Å². The zero-order valence-corrected chi connectivity index (χ0v) is 11.7. The van der Waals surface area contributed by atoms with Crippen molar-refractivity contribution in [2.75, 3.05) is 7.11 Å². The van der Waals surface area contributed by atoms with Gasteiger partial charge in [0.2, 0.25) is 0 Å². The Morgan fingerprint density at radius 3 is 2.32 bits per heavy atom. The standard InChI is InChI=1S/C17H20O2/c1-17(2,12-13-8-4-6-10-15(13)18)14-9-5-7-11-16(14)19-3/h4-11,18H,12H2,1-3H3. The fourth-order valence-corrected chi connectivity index (χ4v) is 2.44. The van der Waals surface area contributed by atoms with E-state index in [2.05, 4.69) is 19.9 Å². The average Bonchev–Trinajstić information content (AvgIpc) is 2.41. The van der Waals surface area contributed by atoms with Crippen molar-refractivity contribution in [3.8, 4) is 11.5 Å². The van der Waals surface area contributed by atoms with Gasteiger partial charge < -0.3 is 9.84 Å². The van der Waals surface area contributed by atoms with E-state index in [1.807, 2.05) is 36.4 Å². The lowest BCUT2D eigenvalue weighted by molar-refractivity contribution is 0.389. The fourth-order valence-electron chi connectivity index (χ4n) is 2.44. The molecule has 0 saturated heterocycles. The van der Waals surface area contributed by atoms with Crippen LogP contribution in [-0.4, -0.2) is 12.2 Å². The van der Waals surface area contributed by atoms with Crippen LogP contribution in [0.15, 0.2) is 48.5 Å². The molecule has 2 nitrogen and oxygen atoms in total. The van der Waals surface area contributed by atoms with E-state index in [-0.39, 0.29) is 5.41 Å². The molecule has 2 aromatic rings. The predicted octanol–water partition coefficient (Wildman–Crippen LogP) is 3.92. The number of phenolic OH excluding ortho intramolecular Hbond substituents is 1. The molecule has 1 N–H and O–H groups in total. The summed E-state index contributed by atoms with van der Waals surface area (Å²) in [4.78, 5) is 0. The van der Waals surface area contributed by atoms with Gasteiger partial charge in [0.05, 0.1) is 7.11 Å². The highest BCUT2D eigenvalue weighted by molar-refractivity contribution is 5.42. The Hall–Kier alpha value is -1.96. The summed E-state index contributed by atoms with van der Waals surface area (Å²) in [5, 5.41) is 9.92. The van der Waals surface area contributed by atoms with Crippen LogP contribution in [0.25, 0.3) is 0 Å². The molecule has 0 aliphatic rings. The van der Waals surface area contributed by atoms with Gasteiger partial charge in [0.15, 0.2) is 0 Å². The van der Waals surface area contributed by atoms with E-state index in [4.69, 9.17) is 4.74 Å². The van der Waals surface area contributed by atoms with Crippen LogP contribution in [0.1, 0.15) is 25.0 Å². The van der Waals surface area contributed by atoms with Crippen molar-refractivity contribution in [1.82, 2.24) is 0 Å². The van der Waals surface area contributed by atoms with Gasteiger partial charge >= 0.3 is 0 Å². The van der Waals surface area contributed by atoms with Crippen LogP contribution in [0.2, 0.25) is 0 Å². The maximum absolute atomic E-state index is 9.92.